The minimum atomic E-state index is 0.879. The highest BCUT2D eigenvalue weighted by Gasteiger charge is 2.13. The summed E-state index contributed by atoms with van der Waals surface area (Å²) in [6, 6.07) is 2.00. The van der Waals surface area contributed by atoms with Gasteiger partial charge in [-0.1, -0.05) is 13.3 Å². The van der Waals surface area contributed by atoms with Crippen LogP contribution in [0.2, 0.25) is 0 Å². The normalized spacial score (nSPS) is 10.8. The summed E-state index contributed by atoms with van der Waals surface area (Å²) >= 11 is 0. The standard InChI is InChI=1S/C13H19N3O/c1-4-6-10-9-15-16-8-7-11(14-5-2)13(17-3)12(10)16/h7-9,14H,4-6H2,1-3H3. The summed E-state index contributed by atoms with van der Waals surface area (Å²) in [6.07, 6.45) is 6.03. The van der Waals surface area contributed by atoms with Gasteiger partial charge in [-0.3, -0.25) is 0 Å². The first-order valence-corrected chi connectivity index (χ1v) is 6.08. The maximum absolute atomic E-state index is 5.53. The zero-order valence-electron chi connectivity index (χ0n) is 10.7. The molecule has 0 spiro atoms. The second-order valence-electron chi connectivity index (χ2n) is 4.01. The number of anilines is 1. The minimum Gasteiger partial charge on any atom is -0.492 e. The lowest BCUT2D eigenvalue weighted by atomic mass is 10.1. The van der Waals surface area contributed by atoms with Crippen LogP contribution in [0.25, 0.3) is 5.52 Å². The van der Waals surface area contributed by atoms with Gasteiger partial charge in [-0.05, 0) is 19.4 Å². The van der Waals surface area contributed by atoms with Gasteiger partial charge >= 0.3 is 0 Å². The van der Waals surface area contributed by atoms with E-state index in [-0.39, 0.29) is 0 Å². The molecule has 0 unspecified atom stereocenters. The molecule has 0 amide bonds. The molecule has 0 atom stereocenters. The molecule has 0 saturated carbocycles. The van der Waals surface area contributed by atoms with Crippen LogP contribution in [0.4, 0.5) is 5.69 Å². The monoisotopic (exact) mass is 233 g/mol. The summed E-state index contributed by atoms with van der Waals surface area (Å²) in [5.74, 6) is 0.885. The average Bonchev–Trinajstić information content (AvgIpc) is 2.74. The van der Waals surface area contributed by atoms with Gasteiger partial charge in [0.25, 0.3) is 0 Å². The van der Waals surface area contributed by atoms with Crippen LogP contribution in [0.1, 0.15) is 25.8 Å². The molecule has 2 aromatic heterocycles. The highest BCUT2D eigenvalue weighted by molar-refractivity contribution is 5.76. The van der Waals surface area contributed by atoms with Gasteiger partial charge in [-0.15, -0.1) is 0 Å². The fourth-order valence-electron chi connectivity index (χ4n) is 2.10. The van der Waals surface area contributed by atoms with E-state index in [2.05, 4.69) is 24.3 Å². The molecule has 0 fully saturated rings. The van der Waals surface area contributed by atoms with E-state index in [4.69, 9.17) is 4.74 Å². The molecule has 0 aromatic carbocycles. The molecule has 17 heavy (non-hydrogen) atoms. The highest BCUT2D eigenvalue weighted by Crippen LogP contribution is 2.32. The number of ether oxygens (including phenoxy) is 1. The summed E-state index contributed by atoms with van der Waals surface area (Å²) in [6.45, 7) is 5.13. The molecule has 4 heteroatoms. The fourth-order valence-corrected chi connectivity index (χ4v) is 2.10. The van der Waals surface area contributed by atoms with E-state index in [9.17, 15) is 0 Å². The second-order valence-corrected chi connectivity index (χ2v) is 4.01. The zero-order valence-corrected chi connectivity index (χ0v) is 10.7. The summed E-state index contributed by atoms with van der Waals surface area (Å²) in [5, 5.41) is 7.67. The second kappa shape index (κ2) is 5.08. The van der Waals surface area contributed by atoms with Crippen molar-refractivity contribution in [3.63, 3.8) is 0 Å². The Bertz CT molecular complexity index is 505. The first kappa shape index (κ1) is 11.8. The molecule has 0 saturated heterocycles. The van der Waals surface area contributed by atoms with E-state index in [0.717, 1.165) is 36.3 Å². The minimum absolute atomic E-state index is 0.879. The van der Waals surface area contributed by atoms with Crippen LogP contribution in [-0.2, 0) is 6.42 Å². The Morgan fingerprint density at radius 3 is 2.88 bits per heavy atom. The van der Waals surface area contributed by atoms with Crippen molar-refractivity contribution in [3.8, 4) is 5.75 Å². The van der Waals surface area contributed by atoms with Crippen molar-refractivity contribution < 1.29 is 4.74 Å². The third-order valence-corrected chi connectivity index (χ3v) is 2.80. The van der Waals surface area contributed by atoms with Crippen molar-refractivity contribution in [3.05, 3.63) is 24.0 Å². The number of nitrogens with one attached hydrogen (secondary N) is 1. The predicted octanol–water partition coefficient (Wildman–Crippen LogP) is 2.73. The van der Waals surface area contributed by atoms with Crippen molar-refractivity contribution in [2.24, 2.45) is 0 Å². The summed E-state index contributed by atoms with van der Waals surface area (Å²) in [5.41, 5.74) is 3.34. The van der Waals surface area contributed by atoms with Crippen LogP contribution in [0.3, 0.4) is 0 Å². The lowest BCUT2D eigenvalue weighted by molar-refractivity contribution is 0.419. The zero-order chi connectivity index (χ0) is 12.3. The van der Waals surface area contributed by atoms with Crippen molar-refractivity contribution in [1.29, 1.82) is 0 Å². The number of hydrogen-bond donors (Lipinski definition) is 1. The van der Waals surface area contributed by atoms with Gasteiger partial charge in [0, 0.05) is 18.3 Å². The lowest BCUT2D eigenvalue weighted by Crippen LogP contribution is -2.02. The van der Waals surface area contributed by atoms with Crippen LogP contribution in [0, 0.1) is 0 Å². The van der Waals surface area contributed by atoms with Gasteiger partial charge in [-0.25, -0.2) is 4.52 Å². The number of fused-ring (bicyclic) bond motifs is 1. The molecule has 1 N–H and O–H groups in total. The Morgan fingerprint density at radius 2 is 2.24 bits per heavy atom. The van der Waals surface area contributed by atoms with Crippen LogP contribution >= 0.6 is 0 Å². The van der Waals surface area contributed by atoms with E-state index in [1.54, 1.807) is 7.11 Å². The van der Waals surface area contributed by atoms with Gasteiger partial charge in [0.05, 0.1) is 19.0 Å². The summed E-state index contributed by atoms with van der Waals surface area (Å²) in [4.78, 5) is 0. The quantitative estimate of drug-likeness (QED) is 0.863. The smallest absolute Gasteiger partial charge is 0.167 e. The van der Waals surface area contributed by atoms with E-state index in [0.29, 0.717) is 0 Å². The predicted molar refractivity (Wildman–Crippen MR) is 69.9 cm³/mol. The van der Waals surface area contributed by atoms with Crippen LogP contribution in [0.5, 0.6) is 5.75 Å². The van der Waals surface area contributed by atoms with Crippen LogP contribution in [0.15, 0.2) is 18.5 Å². The van der Waals surface area contributed by atoms with Crippen molar-refractivity contribution >= 4 is 11.2 Å². The van der Waals surface area contributed by atoms with Gasteiger partial charge in [-0.2, -0.15) is 5.10 Å². The molecular weight excluding hydrogens is 214 g/mol. The van der Waals surface area contributed by atoms with Gasteiger partial charge in [0.2, 0.25) is 0 Å². The van der Waals surface area contributed by atoms with E-state index >= 15 is 0 Å². The molecule has 2 aromatic rings. The Hall–Kier alpha value is -1.71. The SMILES string of the molecule is CCCc1cnn2ccc(NCC)c(OC)c12. The lowest BCUT2D eigenvalue weighted by Gasteiger charge is -2.12. The summed E-state index contributed by atoms with van der Waals surface area (Å²) in [7, 11) is 1.71. The molecule has 2 rings (SSSR count). The number of hydrogen-bond acceptors (Lipinski definition) is 3. The molecule has 4 nitrogen and oxygen atoms in total. The third kappa shape index (κ3) is 2.07. The van der Waals surface area contributed by atoms with Gasteiger partial charge in [0.1, 0.15) is 5.52 Å². The number of pyridine rings is 1. The molecule has 0 aliphatic heterocycles. The number of rotatable bonds is 5. The first-order chi connectivity index (χ1) is 8.31. The number of nitrogens with zero attached hydrogens (tertiary/aromatic N) is 2. The van der Waals surface area contributed by atoms with Crippen molar-refractivity contribution in [2.75, 3.05) is 19.0 Å². The highest BCUT2D eigenvalue weighted by atomic mass is 16.5. The fraction of sp³-hybridized carbons (Fsp3) is 0.462. The van der Waals surface area contributed by atoms with E-state index < -0.39 is 0 Å². The topological polar surface area (TPSA) is 38.6 Å². The maximum Gasteiger partial charge on any atom is 0.167 e. The Labute approximate surface area is 102 Å². The van der Waals surface area contributed by atoms with Crippen LogP contribution in [-0.4, -0.2) is 23.3 Å². The average molecular weight is 233 g/mol. The number of methoxy groups -OCH3 is 1. The van der Waals surface area contributed by atoms with Gasteiger partial charge in [0.15, 0.2) is 5.75 Å². The molecule has 0 radical (unpaired) electrons. The molecule has 92 valence electrons. The van der Waals surface area contributed by atoms with E-state index in [1.807, 2.05) is 23.0 Å². The first-order valence-electron chi connectivity index (χ1n) is 6.08. The molecule has 2 heterocycles. The Balaban J connectivity index is 2.60. The Morgan fingerprint density at radius 1 is 1.41 bits per heavy atom. The number of aromatic nitrogens is 2. The number of aryl methyl sites for hydroxylation is 1. The van der Waals surface area contributed by atoms with Crippen molar-refractivity contribution in [2.45, 2.75) is 26.7 Å². The molecular formula is C13H19N3O. The molecule has 0 aliphatic rings. The maximum atomic E-state index is 5.53. The molecule has 0 aliphatic carbocycles. The third-order valence-electron chi connectivity index (χ3n) is 2.80. The van der Waals surface area contributed by atoms with Gasteiger partial charge < -0.3 is 10.1 Å². The summed E-state index contributed by atoms with van der Waals surface area (Å²) < 4.78 is 7.41. The van der Waals surface area contributed by atoms with E-state index in [1.165, 1.54) is 5.56 Å². The largest absolute Gasteiger partial charge is 0.492 e. The molecule has 0 bridgehead atoms. The Kier molecular flexibility index (Phi) is 3.52. The van der Waals surface area contributed by atoms with Crippen molar-refractivity contribution in [1.82, 2.24) is 9.61 Å². The van der Waals surface area contributed by atoms with Crippen LogP contribution < -0.4 is 10.1 Å².